The van der Waals surface area contributed by atoms with Gasteiger partial charge in [0.15, 0.2) is 0 Å². The highest BCUT2D eigenvalue weighted by molar-refractivity contribution is 7.15. The van der Waals surface area contributed by atoms with Crippen LogP contribution in [0.3, 0.4) is 0 Å². The Morgan fingerprint density at radius 1 is 1.44 bits per heavy atom. The molecule has 1 unspecified atom stereocenters. The Kier molecular flexibility index (Phi) is 3.01. The molecule has 0 fully saturated rings. The minimum atomic E-state index is 0.102. The van der Waals surface area contributed by atoms with Crippen LogP contribution in [0.5, 0.6) is 5.88 Å². The van der Waals surface area contributed by atoms with Gasteiger partial charge < -0.3 is 10.5 Å². The molecule has 18 heavy (non-hydrogen) atoms. The van der Waals surface area contributed by atoms with Crippen LogP contribution in [-0.4, -0.2) is 17.1 Å². The SMILES string of the molecule is COc1ccc(-c2nc3c(s2)CCCC3N)cn1. The summed E-state index contributed by atoms with van der Waals surface area (Å²) in [5.74, 6) is 0.622. The zero-order chi connectivity index (χ0) is 12.5. The van der Waals surface area contributed by atoms with Crippen molar-refractivity contribution in [3.8, 4) is 16.5 Å². The van der Waals surface area contributed by atoms with Gasteiger partial charge in [0.25, 0.3) is 0 Å². The second-order valence-electron chi connectivity index (χ2n) is 4.42. The molecule has 94 valence electrons. The maximum absolute atomic E-state index is 6.09. The van der Waals surface area contributed by atoms with Crippen molar-refractivity contribution >= 4 is 11.3 Å². The molecule has 0 saturated heterocycles. The maximum Gasteiger partial charge on any atom is 0.212 e. The molecule has 0 spiro atoms. The van der Waals surface area contributed by atoms with E-state index in [0.29, 0.717) is 5.88 Å². The topological polar surface area (TPSA) is 61.0 Å². The smallest absolute Gasteiger partial charge is 0.212 e. The highest BCUT2D eigenvalue weighted by Gasteiger charge is 2.22. The van der Waals surface area contributed by atoms with Gasteiger partial charge in [-0.3, -0.25) is 0 Å². The number of hydrogen-bond acceptors (Lipinski definition) is 5. The highest BCUT2D eigenvalue weighted by atomic mass is 32.1. The van der Waals surface area contributed by atoms with E-state index in [2.05, 4.69) is 9.97 Å². The lowest BCUT2D eigenvalue weighted by Gasteiger charge is -2.15. The minimum Gasteiger partial charge on any atom is -0.481 e. The van der Waals surface area contributed by atoms with Crippen LogP contribution in [-0.2, 0) is 6.42 Å². The van der Waals surface area contributed by atoms with E-state index in [1.54, 1.807) is 24.6 Å². The Morgan fingerprint density at radius 3 is 3.00 bits per heavy atom. The summed E-state index contributed by atoms with van der Waals surface area (Å²) in [7, 11) is 1.61. The molecule has 0 aliphatic heterocycles. The monoisotopic (exact) mass is 261 g/mol. The number of aromatic nitrogens is 2. The highest BCUT2D eigenvalue weighted by Crippen LogP contribution is 2.36. The largest absolute Gasteiger partial charge is 0.481 e. The molecule has 0 saturated carbocycles. The third-order valence-electron chi connectivity index (χ3n) is 3.19. The average molecular weight is 261 g/mol. The Labute approximate surface area is 110 Å². The second kappa shape index (κ2) is 4.66. The molecule has 1 aliphatic rings. The normalized spacial score (nSPS) is 18.4. The van der Waals surface area contributed by atoms with Crippen LogP contribution in [0.4, 0.5) is 0 Å². The minimum absolute atomic E-state index is 0.102. The molecule has 3 rings (SSSR count). The zero-order valence-electron chi connectivity index (χ0n) is 10.2. The summed E-state index contributed by atoms with van der Waals surface area (Å²) in [6.07, 6.45) is 5.10. The van der Waals surface area contributed by atoms with Crippen molar-refractivity contribution in [3.05, 3.63) is 28.9 Å². The van der Waals surface area contributed by atoms with Crippen LogP contribution in [0.1, 0.15) is 29.5 Å². The van der Waals surface area contributed by atoms with Crippen LogP contribution in [0, 0.1) is 0 Å². The molecule has 1 aliphatic carbocycles. The van der Waals surface area contributed by atoms with Gasteiger partial charge in [0, 0.05) is 28.7 Å². The van der Waals surface area contributed by atoms with Crippen molar-refractivity contribution in [2.24, 2.45) is 5.73 Å². The van der Waals surface area contributed by atoms with Gasteiger partial charge in [0.05, 0.1) is 12.8 Å². The lowest BCUT2D eigenvalue weighted by Crippen LogP contribution is -2.16. The summed E-state index contributed by atoms with van der Waals surface area (Å²) in [5.41, 5.74) is 8.20. The maximum atomic E-state index is 6.09. The van der Waals surface area contributed by atoms with E-state index < -0.39 is 0 Å². The number of pyridine rings is 1. The van der Waals surface area contributed by atoms with Crippen LogP contribution in [0.15, 0.2) is 18.3 Å². The number of ether oxygens (including phenoxy) is 1. The van der Waals surface area contributed by atoms with Gasteiger partial charge in [-0.15, -0.1) is 11.3 Å². The first kappa shape index (κ1) is 11.6. The number of rotatable bonds is 2. The molecule has 0 aromatic carbocycles. The van der Waals surface area contributed by atoms with Crippen LogP contribution < -0.4 is 10.5 Å². The van der Waals surface area contributed by atoms with Crippen molar-refractivity contribution in [1.29, 1.82) is 0 Å². The molecule has 2 aromatic rings. The first-order valence-corrected chi connectivity index (χ1v) is 6.85. The van der Waals surface area contributed by atoms with Crippen molar-refractivity contribution in [2.45, 2.75) is 25.3 Å². The van der Waals surface area contributed by atoms with Crippen molar-refractivity contribution in [3.63, 3.8) is 0 Å². The molecule has 0 bridgehead atoms. The Morgan fingerprint density at radius 2 is 2.33 bits per heavy atom. The zero-order valence-corrected chi connectivity index (χ0v) is 11.0. The van der Waals surface area contributed by atoms with Gasteiger partial charge >= 0.3 is 0 Å². The first-order chi connectivity index (χ1) is 8.78. The van der Waals surface area contributed by atoms with Gasteiger partial charge in [0.1, 0.15) is 5.01 Å². The lowest BCUT2D eigenvalue weighted by atomic mass is 9.99. The lowest BCUT2D eigenvalue weighted by molar-refractivity contribution is 0.398. The van der Waals surface area contributed by atoms with Gasteiger partial charge in [-0.25, -0.2) is 9.97 Å². The number of thiazole rings is 1. The van der Waals surface area contributed by atoms with E-state index >= 15 is 0 Å². The summed E-state index contributed by atoms with van der Waals surface area (Å²) < 4.78 is 5.06. The molecule has 1 atom stereocenters. The summed E-state index contributed by atoms with van der Waals surface area (Å²) in [6.45, 7) is 0. The summed E-state index contributed by atoms with van der Waals surface area (Å²) in [6, 6.07) is 3.95. The third kappa shape index (κ3) is 2.00. The number of nitrogens with zero attached hydrogens (tertiary/aromatic N) is 2. The summed E-state index contributed by atoms with van der Waals surface area (Å²) in [4.78, 5) is 10.2. The Hall–Kier alpha value is -1.46. The molecule has 4 nitrogen and oxygen atoms in total. The predicted molar refractivity (Wildman–Crippen MR) is 71.8 cm³/mol. The summed E-state index contributed by atoms with van der Waals surface area (Å²) >= 11 is 1.73. The van der Waals surface area contributed by atoms with Crippen molar-refractivity contribution < 1.29 is 4.74 Å². The fourth-order valence-electron chi connectivity index (χ4n) is 2.20. The molecule has 2 N–H and O–H groups in total. The standard InChI is InChI=1S/C13H15N3OS/c1-17-11-6-5-8(7-15-11)13-16-12-9(14)3-2-4-10(12)18-13/h5-7,9H,2-4,14H2,1H3. The van der Waals surface area contributed by atoms with Gasteiger partial charge in [-0.2, -0.15) is 0 Å². The van der Waals surface area contributed by atoms with Crippen LogP contribution in [0.2, 0.25) is 0 Å². The first-order valence-electron chi connectivity index (χ1n) is 6.03. The number of aryl methyl sites for hydroxylation is 1. The fraction of sp³-hybridized carbons (Fsp3) is 0.385. The quantitative estimate of drug-likeness (QED) is 0.902. The van der Waals surface area contributed by atoms with E-state index in [-0.39, 0.29) is 6.04 Å². The molecule has 0 amide bonds. The molecule has 0 radical (unpaired) electrons. The molecular formula is C13H15N3OS. The Balaban J connectivity index is 1.96. The van der Waals surface area contributed by atoms with Crippen molar-refractivity contribution in [1.82, 2.24) is 9.97 Å². The third-order valence-corrected chi connectivity index (χ3v) is 4.37. The molecule has 2 aromatic heterocycles. The van der Waals surface area contributed by atoms with E-state index in [1.165, 1.54) is 4.88 Å². The number of methoxy groups -OCH3 is 1. The molecule has 2 heterocycles. The number of hydrogen-bond donors (Lipinski definition) is 1. The van der Waals surface area contributed by atoms with Crippen LogP contribution >= 0.6 is 11.3 Å². The van der Waals surface area contributed by atoms with E-state index in [1.807, 2.05) is 12.1 Å². The van der Waals surface area contributed by atoms with Gasteiger partial charge in [-0.05, 0) is 25.3 Å². The van der Waals surface area contributed by atoms with Gasteiger partial charge in [-0.1, -0.05) is 0 Å². The second-order valence-corrected chi connectivity index (χ2v) is 5.50. The number of fused-ring (bicyclic) bond motifs is 1. The summed E-state index contributed by atoms with van der Waals surface area (Å²) in [5, 5.41) is 1.01. The number of nitrogens with two attached hydrogens (primary N) is 1. The Bertz CT molecular complexity index is 550. The van der Waals surface area contributed by atoms with Gasteiger partial charge in [0.2, 0.25) is 5.88 Å². The van der Waals surface area contributed by atoms with E-state index in [4.69, 9.17) is 10.5 Å². The average Bonchev–Trinajstić information content (AvgIpc) is 2.84. The van der Waals surface area contributed by atoms with E-state index in [9.17, 15) is 0 Å². The van der Waals surface area contributed by atoms with Crippen LogP contribution in [0.25, 0.3) is 10.6 Å². The molecular weight excluding hydrogens is 246 g/mol. The molecule has 5 heteroatoms. The van der Waals surface area contributed by atoms with E-state index in [0.717, 1.165) is 35.5 Å². The van der Waals surface area contributed by atoms with Crippen molar-refractivity contribution in [2.75, 3.05) is 7.11 Å². The fourth-order valence-corrected chi connectivity index (χ4v) is 3.37. The predicted octanol–water partition coefficient (Wildman–Crippen LogP) is 2.55.